The number of aryl methyl sites for hydroxylation is 2. The summed E-state index contributed by atoms with van der Waals surface area (Å²) in [6.07, 6.45) is 5.98. The summed E-state index contributed by atoms with van der Waals surface area (Å²) in [5, 5.41) is 0. The second-order valence-electron chi connectivity index (χ2n) is 5.28. The molecule has 0 unspecified atom stereocenters. The molecule has 0 aliphatic heterocycles. The summed E-state index contributed by atoms with van der Waals surface area (Å²) < 4.78 is 9.17. The van der Waals surface area contributed by atoms with Crippen molar-refractivity contribution in [1.82, 2.24) is 4.57 Å². The number of hydrogen-bond acceptors (Lipinski definition) is 2. The third-order valence-corrected chi connectivity index (χ3v) is 2.41. The van der Waals surface area contributed by atoms with E-state index in [-0.39, 0.29) is 5.97 Å². The van der Waals surface area contributed by atoms with E-state index in [9.17, 15) is 4.79 Å². The van der Waals surface area contributed by atoms with Crippen molar-refractivity contribution in [2.45, 2.75) is 52.7 Å². The maximum atomic E-state index is 12.1. The van der Waals surface area contributed by atoms with Gasteiger partial charge in [0.2, 0.25) is 0 Å². The van der Waals surface area contributed by atoms with Crippen molar-refractivity contribution < 1.29 is 14.1 Å². The van der Waals surface area contributed by atoms with E-state index in [2.05, 4.69) is 6.92 Å². The number of unbranched alkanes of at least 4 members (excludes halogenated alkanes) is 1. The van der Waals surface area contributed by atoms with Crippen LogP contribution < -0.4 is 4.57 Å². The molecule has 4 nitrogen and oxygen atoms in total. The molecule has 1 aromatic rings. The summed E-state index contributed by atoms with van der Waals surface area (Å²) in [4.78, 5) is 12.1. The molecule has 96 valence electrons. The van der Waals surface area contributed by atoms with Gasteiger partial charge in [0.15, 0.2) is 0 Å². The van der Waals surface area contributed by atoms with Crippen LogP contribution in [0.15, 0.2) is 12.4 Å². The molecule has 0 atom stereocenters. The van der Waals surface area contributed by atoms with Crippen molar-refractivity contribution in [2.75, 3.05) is 0 Å². The van der Waals surface area contributed by atoms with E-state index >= 15 is 0 Å². The molecule has 0 fully saturated rings. The van der Waals surface area contributed by atoms with Gasteiger partial charge in [-0.1, -0.05) is 13.3 Å². The second-order valence-corrected chi connectivity index (χ2v) is 5.28. The Morgan fingerprint density at radius 1 is 1.47 bits per heavy atom. The molecule has 1 heterocycles. The van der Waals surface area contributed by atoms with Crippen LogP contribution in [0.3, 0.4) is 0 Å². The predicted octanol–water partition coefficient (Wildman–Crippen LogP) is 2.07. The standard InChI is InChI=1S/C13H23N2O2/c1-6-7-8-15-10-9-14(5)11(15)12(16)17-13(2,3)4/h9-10H,6-8H2,1-5H3/q+1. The van der Waals surface area contributed by atoms with Crippen LogP contribution in [0, 0.1) is 0 Å². The average Bonchev–Trinajstić information content (AvgIpc) is 2.54. The molecule has 0 saturated heterocycles. The zero-order chi connectivity index (χ0) is 13.1. The summed E-state index contributed by atoms with van der Waals surface area (Å²) in [5.41, 5.74) is -0.454. The van der Waals surface area contributed by atoms with Crippen molar-refractivity contribution in [3.8, 4) is 0 Å². The van der Waals surface area contributed by atoms with Gasteiger partial charge in [0, 0.05) is 0 Å². The molecular weight excluding hydrogens is 216 g/mol. The fraction of sp³-hybridized carbons (Fsp3) is 0.692. The van der Waals surface area contributed by atoms with Gasteiger partial charge in [-0.3, -0.25) is 0 Å². The van der Waals surface area contributed by atoms with Gasteiger partial charge in [0.1, 0.15) is 18.0 Å². The number of carbonyl (C=O) groups excluding carboxylic acids is 1. The van der Waals surface area contributed by atoms with Crippen LogP contribution >= 0.6 is 0 Å². The molecule has 4 heteroatoms. The molecule has 0 aromatic carbocycles. The van der Waals surface area contributed by atoms with E-state index in [1.165, 1.54) is 0 Å². The Labute approximate surface area is 103 Å². The Hall–Kier alpha value is -1.32. The number of rotatable bonds is 4. The normalized spacial score (nSPS) is 11.6. The summed E-state index contributed by atoms with van der Waals surface area (Å²) in [5.74, 6) is 0.342. The second kappa shape index (κ2) is 5.34. The lowest BCUT2D eigenvalue weighted by Crippen LogP contribution is -2.38. The lowest BCUT2D eigenvalue weighted by atomic mass is 10.2. The van der Waals surface area contributed by atoms with E-state index in [1.54, 1.807) is 0 Å². The highest BCUT2D eigenvalue weighted by Gasteiger charge is 2.28. The minimum Gasteiger partial charge on any atom is -0.451 e. The number of hydrogen-bond donors (Lipinski definition) is 0. The van der Waals surface area contributed by atoms with E-state index in [4.69, 9.17) is 4.74 Å². The molecule has 0 N–H and O–H groups in total. The molecule has 17 heavy (non-hydrogen) atoms. The van der Waals surface area contributed by atoms with Crippen LogP contribution in [0.4, 0.5) is 0 Å². The summed E-state index contributed by atoms with van der Waals surface area (Å²) in [6, 6.07) is 0. The first-order chi connectivity index (χ1) is 7.85. The number of imidazole rings is 1. The summed E-state index contributed by atoms with van der Waals surface area (Å²) >= 11 is 0. The Balaban J connectivity index is 2.88. The number of carbonyl (C=O) groups is 1. The van der Waals surface area contributed by atoms with E-state index in [0.29, 0.717) is 5.82 Å². The van der Waals surface area contributed by atoms with Crippen LogP contribution in [0.1, 0.15) is 51.2 Å². The maximum Gasteiger partial charge on any atom is 0.422 e. The molecule has 0 spiro atoms. The van der Waals surface area contributed by atoms with Gasteiger partial charge >= 0.3 is 11.8 Å². The smallest absolute Gasteiger partial charge is 0.422 e. The van der Waals surface area contributed by atoms with Gasteiger partial charge in [-0.25, -0.2) is 13.9 Å². The summed E-state index contributed by atoms with van der Waals surface area (Å²) in [6.45, 7) is 8.63. The summed E-state index contributed by atoms with van der Waals surface area (Å²) in [7, 11) is 1.86. The Kier molecular flexibility index (Phi) is 4.32. The van der Waals surface area contributed by atoms with Crippen molar-refractivity contribution in [1.29, 1.82) is 0 Å². The Morgan fingerprint density at radius 2 is 2.12 bits per heavy atom. The monoisotopic (exact) mass is 239 g/mol. The third kappa shape index (κ3) is 3.88. The molecule has 0 bridgehead atoms. The predicted molar refractivity (Wildman–Crippen MR) is 65.7 cm³/mol. The number of nitrogens with zero attached hydrogens (tertiary/aromatic N) is 2. The number of aromatic nitrogens is 2. The van der Waals surface area contributed by atoms with Gasteiger partial charge in [-0.15, -0.1) is 0 Å². The molecule has 0 aliphatic carbocycles. The quantitative estimate of drug-likeness (QED) is 0.595. The molecule has 0 saturated carbocycles. The first kappa shape index (κ1) is 13.7. The van der Waals surface area contributed by atoms with E-state index in [1.807, 2.05) is 49.3 Å². The van der Waals surface area contributed by atoms with E-state index in [0.717, 1.165) is 19.4 Å². The highest BCUT2D eigenvalue weighted by molar-refractivity contribution is 5.84. The van der Waals surface area contributed by atoms with Gasteiger partial charge < -0.3 is 4.74 Å². The maximum absolute atomic E-state index is 12.1. The molecule has 0 radical (unpaired) electrons. The van der Waals surface area contributed by atoms with Crippen LogP contribution in [-0.2, 0) is 18.3 Å². The van der Waals surface area contributed by atoms with Gasteiger partial charge in [-0.05, 0) is 27.2 Å². The first-order valence-corrected chi connectivity index (χ1v) is 6.13. The van der Waals surface area contributed by atoms with Crippen molar-refractivity contribution in [3.05, 3.63) is 18.2 Å². The lowest BCUT2D eigenvalue weighted by molar-refractivity contribution is -0.673. The molecular formula is C13H23N2O2+. The van der Waals surface area contributed by atoms with Gasteiger partial charge in [-0.2, -0.15) is 0 Å². The van der Waals surface area contributed by atoms with Crippen molar-refractivity contribution in [3.63, 3.8) is 0 Å². The fourth-order valence-corrected chi connectivity index (χ4v) is 1.62. The molecule has 1 rings (SSSR count). The van der Waals surface area contributed by atoms with Crippen LogP contribution in [0.25, 0.3) is 0 Å². The van der Waals surface area contributed by atoms with Gasteiger partial charge in [0.05, 0.1) is 13.6 Å². The third-order valence-electron chi connectivity index (χ3n) is 2.41. The largest absolute Gasteiger partial charge is 0.451 e. The highest BCUT2D eigenvalue weighted by Crippen LogP contribution is 2.10. The first-order valence-electron chi connectivity index (χ1n) is 6.13. The Morgan fingerprint density at radius 3 is 2.65 bits per heavy atom. The molecule has 0 aliphatic rings. The van der Waals surface area contributed by atoms with Crippen LogP contribution in [0.2, 0.25) is 0 Å². The SMILES string of the molecule is CCCCn1cc[n+](C)c1C(=O)OC(C)(C)C. The number of ether oxygens (including phenoxy) is 1. The van der Waals surface area contributed by atoms with Crippen molar-refractivity contribution in [2.24, 2.45) is 7.05 Å². The minimum atomic E-state index is -0.454. The van der Waals surface area contributed by atoms with Crippen LogP contribution in [0.5, 0.6) is 0 Å². The van der Waals surface area contributed by atoms with Crippen molar-refractivity contribution >= 4 is 5.97 Å². The lowest BCUT2D eigenvalue weighted by Gasteiger charge is -2.18. The zero-order valence-electron chi connectivity index (χ0n) is 11.5. The fourth-order valence-electron chi connectivity index (χ4n) is 1.62. The van der Waals surface area contributed by atoms with E-state index < -0.39 is 5.60 Å². The Bertz CT molecular complexity index is 389. The molecule has 1 aromatic heterocycles. The van der Waals surface area contributed by atoms with Crippen LogP contribution in [-0.4, -0.2) is 16.1 Å². The van der Waals surface area contributed by atoms with Gasteiger partial charge in [0.25, 0.3) is 0 Å². The average molecular weight is 239 g/mol. The zero-order valence-corrected chi connectivity index (χ0v) is 11.5. The topological polar surface area (TPSA) is 35.1 Å². The minimum absolute atomic E-state index is 0.263. The highest BCUT2D eigenvalue weighted by atomic mass is 16.6. The molecule has 0 amide bonds. The number of esters is 1.